The van der Waals surface area contributed by atoms with Crippen molar-refractivity contribution in [1.29, 1.82) is 0 Å². The third-order valence-corrected chi connectivity index (χ3v) is 1.94. The second-order valence-electron chi connectivity index (χ2n) is 2.41. The van der Waals surface area contributed by atoms with E-state index in [1.54, 1.807) is 0 Å². The first kappa shape index (κ1) is 6.10. The van der Waals surface area contributed by atoms with Gasteiger partial charge >= 0.3 is 0 Å². The molecule has 1 aliphatic carbocycles. The normalized spacial score (nSPS) is 22.3. The number of fused-ring (bicyclic) bond motifs is 1. The summed E-state index contributed by atoms with van der Waals surface area (Å²) in [6, 6.07) is 0. The van der Waals surface area contributed by atoms with Crippen LogP contribution in [0.2, 0.25) is 0 Å². The quantitative estimate of drug-likeness (QED) is 0.524. The Labute approximate surface area is 65.5 Å². The van der Waals surface area contributed by atoms with E-state index in [1.807, 2.05) is 6.08 Å². The molecule has 1 nitrogen and oxygen atoms in total. The molecule has 0 saturated heterocycles. The molecule has 2 rings (SSSR count). The maximum atomic E-state index is 5.33. The molecule has 2 aliphatic rings. The second kappa shape index (κ2) is 2.20. The second-order valence-corrected chi connectivity index (χ2v) is 2.85. The van der Waals surface area contributed by atoms with E-state index in [1.165, 1.54) is 5.57 Å². The van der Waals surface area contributed by atoms with Crippen molar-refractivity contribution < 1.29 is 4.74 Å². The van der Waals surface area contributed by atoms with Crippen LogP contribution in [0.3, 0.4) is 0 Å². The van der Waals surface area contributed by atoms with E-state index >= 15 is 0 Å². The number of allylic oxidation sites excluding steroid dienone is 4. The van der Waals surface area contributed by atoms with Gasteiger partial charge in [-0.25, -0.2) is 0 Å². The van der Waals surface area contributed by atoms with Gasteiger partial charge < -0.3 is 4.74 Å². The first-order valence-corrected chi connectivity index (χ1v) is 3.79. The average Bonchev–Trinajstić information content (AvgIpc) is 2.33. The summed E-state index contributed by atoms with van der Waals surface area (Å²) in [6.07, 6.45) is 8.30. The maximum absolute atomic E-state index is 5.33. The summed E-state index contributed by atoms with van der Waals surface area (Å²) >= 11 is 4.10. The van der Waals surface area contributed by atoms with Gasteiger partial charge in [-0.15, -0.1) is 12.6 Å². The Morgan fingerprint density at radius 1 is 1.40 bits per heavy atom. The zero-order valence-electron chi connectivity index (χ0n) is 5.50. The highest BCUT2D eigenvalue weighted by molar-refractivity contribution is 7.84. The van der Waals surface area contributed by atoms with Gasteiger partial charge in [0.1, 0.15) is 5.76 Å². The van der Waals surface area contributed by atoms with Gasteiger partial charge in [0, 0.05) is 0 Å². The summed E-state index contributed by atoms with van der Waals surface area (Å²) in [7, 11) is 0. The van der Waals surface area contributed by atoms with E-state index in [0.29, 0.717) is 5.09 Å². The van der Waals surface area contributed by atoms with Gasteiger partial charge in [-0.05, 0) is 30.6 Å². The van der Waals surface area contributed by atoms with E-state index in [-0.39, 0.29) is 0 Å². The van der Waals surface area contributed by atoms with Crippen LogP contribution in [0.1, 0.15) is 12.8 Å². The summed E-state index contributed by atoms with van der Waals surface area (Å²) in [6.45, 7) is 0. The molecule has 0 amide bonds. The van der Waals surface area contributed by atoms with Gasteiger partial charge in [-0.2, -0.15) is 0 Å². The fourth-order valence-corrected chi connectivity index (χ4v) is 1.38. The van der Waals surface area contributed by atoms with Crippen LogP contribution in [-0.4, -0.2) is 0 Å². The minimum absolute atomic E-state index is 0.692. The molecule has 0 aromatic rings. The fourth-order valence-electron chi connectivity index (χ4n) is 1.20. The van der Waals surface area contributed by atoms with Crippen molar-refractivity contribution >= 4 is 12.6 Å². The van der Waals surface area contributed by atoms with Gasteiger partial charge in [0.05, 0.1) is 0 Å². The number of thiol groups is 1. The maximum Gasteiger partial charge on any atom is 0.157 e. The van der Waals surface area contributed by atoms with Gasteiger partial charge in [0.2, 0.25) is 0 Å². The Bertz CT molecular complexity index is 248. The van der Waals surface area contributed by atoms with Crippen LogP contribution in [0.4, 0.5) is 0 Å². The first-order valence-electron chi connectivity index (χ1n) is 3.34. The third kappa shape index (κ3) is 0.886. The molecule has 52 valence electrons. The summed E-state index contributed by atoms with van der Waals surface area (Å²) in [5.74, 6) is 1.01. The fraction of sp³-hybridized carbons (Fsp3) is 0.250. The smallest absolute Gasteiger partial charge is 0.157 e. The molecule has 0 aromatic carbocycles. The van der Waals surface area contributed by atoms with Gasteiger partial charge in [-0.3, -0.25) is 0 Å². The molecule has 0 N–H and O–H groups in total. The predicted molar refractivity (Wildman–Crippen MR) is 43.6 cm³/mol. The van der Waals surface area contributed by atoms with E-state index in [0.717, 1.165) is 18.6 Å². The summed E-state index contributed by atoms with van der Waals surface area (Å²) in [4.78, 5) is 0. The van der Waals surface area contributed by atoms with Crippen LogP contribution in [-0.2, 0) is 4.74 Å². The van der Waals surface area contributed by atoms with Gasteiger partial charge in [0.25, 0.3) is 0 Å². The lowest BCUT2D eigenvalue weighted by molar-refractivity contribution is 0.346. The molecule has 0 unspecified atom stereocenters. The average molecular weight is 152 g/mol. The molecule has 1 aliphatic heterocycles. The number of hydrogen-bond donors (Lipinski definition) is 1. The van der Waals surface area contributed by atoms with Crippen molar-refractivity contribution in [2.45, 2.75) is 12.8 Å². The largest absolute Gasteiger partial charge is 0.451 e. The number of ether oxygens (including phenoxy) is 1. The van der Waals surface area contributed by atoms with Crippen molar-refractivity contribution in [2.24, 2.45) is 0 Å². The molecule has 1 heterocycles. The highest BCUT2D eigenvalue weighted by Crippen LogP contribution is 2.31. The molecule has 0 atom stereocenters. The highest BCUT2D eigenvalue weighted by atomic mass is 32.1. The molecule has 2 heteroatoms. The molecular weight excluding hydrogens is 144 g/mol. The van der Waals surface area contributed by atoms with E-state index in [4.69, 9.17) is 4.74 Å². The monoisotopic (exact) mass is 152 g/mol. The van der Waals surface area contributed by atoms with Crippen molar-refractivity contribution in [3.8, 4) is 0 Å². The molecule has 0 fully saturated rings. The van der Waals surface area contributed by atoms with Gasteiger partial charge in [0.15, 0.2) is 5.09 Å². The third-order valence-electron chi connectivity index (χ3n) is 1.70. The summed E-state index contributed by atoms with van der Waals surface area (Å²) in [5.41, 5.74) is 1.30. The van der Waals surface area contributed by atoms with Crippen molar-refractivity contribution in [1.82, 2.24) is 0 Å². The molecule has 0 saturated carbocycles. The number of rotatable bonds is 0. The standard InChI is InChI=1S/C8H8OS/c10-8-5-4-6-2-1-3-7(6)9-8/h3-5,10H,1-2H2. The Morgan fingerprint density at radius 3 is 3.20 bits per heavy atom. The van der Waals surface area contributed by atoms with E-state index in [9.17, 15) is 0 Å². The molecular formula is C8H8OS. The summed E-state index contributed by atoms with van der Waals surface area (Å²) in [5, 5.41) is 0.692. The molecule has 0 radical (unpaired) electrons. The minimum Gasteiger partial charge on any atom is -0.451 e. The molecule has 0 aromatic heterocycles. The minimum atomic E-state index is 0.692. The Balaban J connectivity index is 2.35. The lowest BCUT2D eigenvalue weighted by atomic mass is 10.2. The first-order chi connectivity index (χ1) is 4.86. The lowest BCUT2D eigenvalue weighted by Gasteiger charge is -2.11. The predicted octanol–water partition coefficient (Wildman–Crippen LogP) is 2.39. The zero-order chi connectivity index (χ0) is 6.97. The van der Waals surface area contributed by atoms with Gasteiger partial charge in [-0.1, -0.05) is 6.08 Å². The number of hydrogen-bond acceptors (Lipinski definition) is 2. The van der Waals surface area contributed by atoms with Crippen LogP contribution in [0, 0.1) is 0 Å². The van der Waals surface area contributed by atoms with Crippen molar-refractivity contribution in [3.63, 3.8) is 0 Å². The zero-order valence-corrected chi connectivity index (χ0v) is 6.40. The van der Waals surface area contributed by atoms with Crippen LogP contribution in [0.25, 0.3) is 0 Å². The van der Waals surface area contributed by atoms with Crippen LogP contribution in [0.15, 0.2) is 34.7 Å². The molecule has 0 spiro atoms. The van der Waals surface area contributed by atoms with E-state index < -0.39 is 0 Å². The van der Waals surface area contributed by atoms with Crippen LogP contribution in [0.5, 0.6) is 0 Å². The molecule has 10 heavy (non-hydrogen) atoms. The topological polar surface area (TPSA) is 9.23 Å². The molecule has 0 bridgehead atoms. The summed E-state index contributed by atoms with van der Waals surface area (Å²) < 4.78 is 5.33. The van der Waals surface area contributed by atoms with Crippen LogP contribution >= 0.6 is 12.6 Å². The highest BCUT2D eigenvalue weighted by Gasteiger charge is 2.15. The van der Waals surface area contributed by atoms with Crippen LogP contribution < -0.4 is 0 Å². The Kier molecular flexibility index (Phi) is 1.34. The van der Waals surface area contributed by atoms with Crippen molar-refractivity contribution in [3.05, 3.63) is 34.7 Å². The Morgan fingerprint density at radius 2 is 2.30 bits per heavy atom. The van der Waals surface area contributed by atoms with Crippen molar-refractivity contribution in [2.75, 3.05) is 0 Å². The SMILES string of the molecule is SC1=CC=C2CCC=C2O1. The lowest BCUT2D eigenvalue weighted by Crippen LogP contribution is -1.93. The van der Waals surface area contributed by atoms with E-state index in [2.05, 4.69) is 24.8 Å². The Hall–Kier alpha value is -0.630.